The Hall–Kier alpha value is -2.18. The van der Waals surface area contributed by atoms with Gasteiger partial charge in [-0.25, -0.2) is 0 Å². The fraction of sp³-hybridized carbons (Fsp3) is 0.565. The molecule has 0 aromatic heterocycles. The number of benzene rings is 1. The molecule has 1 aromatic rings. The van der Waals surface area contributed by atoms with Crippen molar-refractivity contribution in [2.24, 2.45) is 5.41 Å². The first kappa shape index (κ1) is 23.1. The van der Waals surface area contributed by atoms with E-state index < -0.39 is 0 Å². The highest BCUT2D eigenvalue weighted by Gasteiger charge is 2.30. The number of allylic oxidation sites excluding steroid dienone is 2. The fourth-order valence-corrected chi connectivity index (χ4v) is 3.46. The van der Waals surface area contributed by atoms with Gasteiger partial charge < -0.3 is 19.3 Å². The molecule has 0 bridgehead atoms. The maximum atomic E-state index is 12.5. The Labute approximate surface area is 172 Å². The van der Waals surface area contributed by atoms with Crippen LogP contribution in [0.4, 0.5) is 0 Å². The molecule has 29 heavy (non-hydrogen) atoms. The molecule has 0 saturated carbocycles. The number of aliphatic hydroxyl groups excluding tert-OH is 1. The van der Waals surface area contributed by atoms with E-state index in [1.54, 1.807) is 6.07 Å². The van der Waals surface area contributed by atoms with Crippen LogP contribution in [0.2, 0.25) is 0 Å². The van der Waals surface area contributed by atoms with E-state index in [2.05, 4.69) is 13.8 Å². The molecule has 1 aliphatic rings. The summed E-state index contributed by atoms with van der Waals surface area (Å²) in [5.74, 6) is 0.346. The molecule has 0 spiro atoms. The van der Waals surface area contributed by atoms with Gasteiger partial charge in [-0.3, -0.25) is 9.59 Å². The molecular formula is C23H32O6. The van der Waals surface area contributed by atoms with Crippen LogP contribution in [0.5, 0.6) is 11.5 Å². The number of carbonyl (C=O) groups excluding carboxylic acids is 2. The zero-order valence-corrected chi connectivity index (χ0v) is 17.9. The second-order valence-electron chi connectivity index (χ2n) is 8.08. The molecule has 0 heterocycles. The molecule has 0 atom stereocenters. The van der Waals surface area contributed by atoms with Crippen molar-refractivity contribution in [3.63, 3.8) is 0 Å². The Morgan fingerprint density at radius 2 is 1.66 bits per heavy atom. The molecule has 1 N–H and O–H groups in total. The standard InChI is InChI=1S/C23H32O6/c1-23(2,15-29-13-7-5-6-12-24)11-10-16-14-19(27-3)20-17(25)8-9-18(26)21(20)22(16)28-4/h8-9,14,24H,5-7,10-13,15H2,1-4H3. The Balaban J connectivity index is 2.12. The summed E-state index contributed by atoms with van der Waals surface area (Å²) in [5, 5.41) is 8.81. The Morgan fingerprint density at radius 1 is 0.966 bits per heavy atom. The van der Waals surface area contributed by atoms with E-state index in [0.29, 0.717) is 31.1 Å². The molecule has 1 aliphatic carbocycles. The van der Waals surface area contributed by atoms with Crippen molar-refractivity contribution in [1.29, 1.82) is 0 Å². The SMILES string of the molecule is COc1cc(CCC(C)(C)COCCCCCO)c(OC)c2c1C(=O)C=CC2=O. The molecular weight excluding hydrogens is 372 g/mol. The van der Waals surface area contributed by atoms with E-state index >= 15 is 0 Å². The van der Waals surface area contributed by atoms with Crippen molar-refractivity contribution < 1.29 is 28.9 Å². The van der Waals surface area contributed by atoms with E-state index in [1.165, 1.54) is 26.4 Å². The minimum Gasteiger partial charge on any atom is -0.496 e. The molecule has 0 amide bonds. The molecule has 0 unspecified atom stereocenters. The summed E-state index contributed by atoms with van der Waals surface area (Å²) in [4.78, 5) is 24.8. The first-order chi connectivity index (χ1) is 13.8. The van der Waals surface area contributed by atoms with Crippen LogP contribution in [0.1, 0.15) is 65.8 Å². The van der Waals surface area contributed by atoms with Crippen molar-refractivity contribution in [3.8, 4) is 11.5 Å². The second kappa shape index (κ2) is 10.6. The lowest BCUT2D eigenvalue weighted by Gasteiger charge is -2.26. The van der Waals surface area contributed by atoms with Crippen LogP contribution >= 0.6 is 0 Å². The minimum atomic E-state index is -0.253. The summed E-state index contributed by atoms with van der Waals surface area (Å²) in [6.45, 7) is 5.81. The number of hydrogen-bond acceptors (Lipinski definition) is 6. The van der Waals surface area contributed by atoms with Gasteiger partial charge in [0.15, 0.2) is 11.6 Å². The van der Waals surface area contributed by atoms with Gasteiger partial charge in [0, 0.05) is 13.2 Å². The number of hydrogen-bond donors (Lipinski definition) is 1. The van der Waals surface area contributed by atoms with E-state index in [-0.39, 0.29) is 34.7 Å². The average Bonchev–Trinajstić information content (AvgIpc) is 2.70. The quantitative estimate of drug-likeness (QED) is 0.534. The molecule has 6 nitrogen and oxygen atoms in total. The number of carbonyl (C=O) groups is 2. The highest BCUT2D eigenvalue weighted by molar-refractivity contribution is 6.24. The highest BCUT2D eigenvalue weighted by atomic mass is 16.5. The lowest BCUT2D eigenvalue weighted by atomic mass is 9.84. The Kier molecular flexibility index (Phi) is 8.41. The summed E-state index contributed by atoms with van der Waals surface area (Å²) < 4.78 is 16.8. The largest absolute Gasteiger partial charge is 0.496 e. The Bertz CT molecular complexity index is 763. The molecule has 0 radical (unpaired) electrons. The van der Waals surface area contributed by atoms with E-state index in [1.807, 2.05) is 0 Å². The smallest absolute Gasteiger partial charge is 0.190 e. The third-order valence-corrected chi connectivity index (χ3v) is 5.13. The van der Waals surface area contributed by atoms with Gasteiger partial charge in [-0.15, -0.1) is 0 Å². The molecule has 160 valence electrons. The van der Waals surface area contributed by atoms with Crippen LogP contribution in [0.25, 0.3) is 0 Å². The summed E-state index contributed by atoms with van der Waals surface area (Å²) in [6.07, 6.45) is 6.75. The molecule has 0 fully saturated rings. The lowest BCUT2D eigenvalue weighted by molar-refractivity contribution is 0.0551. The van der Waals surface area contributed by atoms with Crippen LogP contribution in [0.15, 0.2) is 18.2 Å². The van der Waals surface area contributed by atoms with Gasteiger partial charge in [0.2, 0.25) is 0 Å². The topological polar surface area (TPSA) is 82.1 Å². The van der Waals surface area contributed by atoms with Gasteiger partial charge in [0.05, 0.1) is 32.0 Å². The van der Waals surface area contributed by atoms with Crippen LogP contribution in [0.3, 0.4) is 0 Å². The zero-order chi connectivity index (χ0) is 21.4. The Morgan fingerprint density at radius 3 is 2.28 bits per heavy atom. The average molecular weight is 405 g/mol. The summed E-state index contributed by atoms with van der Waals surface area (Å²) in [7, 11) is 3.01. The molecule has 1 aromatic carbocycles. The lowest BCUT2D eigenvalue weighted by Crippen LogP contribution is -2.21. The maximum absolute atomic E-state index is 12.5. The van der Waals surface area contributed by atoms with E-state index in [4.69, 9.17) is 19.3 Å². The van der Waals surface area contributed by atoms with Crippen LogP contribution < -0.4 is 9.47 Å². The number of ether oxygens (including phenoxy) is 3. The number of rotatable bonds is 12. The molecule has 2 rings (SSSR count). The van der Waals surface area contributed by atoms with Crippen molar-refractivity contribution in [2.75, 3.05) is 34.0 Å². The second-order valence-corrected chi connectivity index (χ2v) is 8.08. The summed E-state index contributed by atoms with van der Waals surface area (Å²) in [5.41, 5.74) is 1.33. The third kappa shape index (κ3) is 5.90. The van der Waals surface area contributed by atoms with Crippen molar-refractivity contribution in [2.45, 2.75) is 46.0 Å². The van der Waals surface area contributed by atoms with Crippen molar-refractivity contribution in [3.05, 3.63) is 34.9 Å². The molecule has 6 heteroatoms. The predicted octanol–water partition coefficient (Wildman–Crippen LogP) is 3.78. The van der Waals surface area contributed by atoms with Crippen LogP contribution in [-0.4, -0.2) is 50.7 Å². The zero-order valence-electron chi connectivity index (χ0n) is 17.9. The molecule has 0 saturated heterocycles. The first-order valence-electron chi connectivity index (χ1n) is 10.1. The minimum absolute atomic E-state index is 0.0646. The predicted molar refractivity (Wildman–Crippen MR) is 111 cm³/mol. The summed E-state index contributed by atoms with van der Waals surface area (Å²) >= 11 is 0. The van der Waals surface area contributed by atoms with Crippen LogP contribution in [-0.2, 0) is 11.2 Å². The van der Waals surface area contributed by atoms with E-state index in [9.17, 15) is 9.59 Å². The van der Waals surface area contributed by atoms with E-state index in [0.717, 1.165) is 31.2 Å². The third-order valence-electron chi connectivity index (χ3n) is 5.13. The molecule has 0 aliphatic heterocycles. The van der Waals surface area contributed by atoms with Gasteiger partial charge in [0.25, 0.3) is 0 Å². The van der Waals surface area contributed by atoms with Crippen molar-refractivity contribution >= 4 is 11.6 Å². The van der Waals surface area contributed by atoms with Gasteiger partial charge in [-0.2, -0.15) is 0 Å². The number of ketones is 2. The summed E-state index contributed by atoms with van der Waals surface area (Å²) in [6, 6.07) is 1.80. The van der Waals surface area contributed by atoms with Gasteiger partial charge in [-0.05, 0) is 61.3 Å². The van der Waals surface area contributed by atoms with Gasteiger partial charge in [0.1, 0.15) is 11.5 Å². The number of aryl methyl sites for hydroxylation is 1. The number of methoxy groups -OCH3 is 2. The van der Waals surface area contributed by atoms with Crippen molar-refractivity contribution in [1.82, 2.24) is 0 Å². The van der Waals surface area contributed by atoms with Gasteiger partial charge >= 0.3 is 0 Å². The first-order valence-corrected chi connectivity index (χ1v) is 10.1. The number of aliphatic hydroxyl groups is 1. The monoisotopic (exact) mass is 404 g/mol. The van der Waals surface area contributed by atoms with Crippen LogP contribution in [0, 0.1) is 5.41 Å². The normalized spacial score (nSPS) is 13.6. The fourth-order valence-electron chi connectivity index (χ4n) is 3.46. The number of unbranched alkanes of at least 4 members (excludes halogenated alkanes) is 2. The van der Waals surface area contributed by atoms with Gasteiger partial charge in [-0.1, -0.05) is 13.8 Å². The number of fused-ring (bicyclic) bond motifs is 1. The highest BCUT2D eigenvalue weighted by Crippen LogP contribution is 2.39. The maximum Gasteiger partial charge on any atom is 0.190 e.